The van der Waals surface area contributed by atoms with Crippen molar-refractivity contribution in [3.63, 3.8) is 0 Å². The molecule has 0 aromatic heterocycles. The summed E-state index contributed by atoms with van der Waals surface area (Å²) in [7, 11) is 0. The molecular weight excluding hydrogens is 286 g/mol. The number of benzene rings is 1. The van der Waals surface area contributed by atoms with Gasteiger partial charge in [-0.05, 0) is 28.1 Å². The molecule has 1 aliphatic rings. The van der Waals surface area contributed by atoms with E-state index in [1.54, 1.807) is 18.2 Å². The van der Waals surface area contributed by atoms with E-state index in [4.69, 9.17) is 5.73 Å². The molecule has 0 spiro atoms. The lowest BCUT2D eigenvalue weighted by Crippen LogP contribution is -2.50. The lowest BCUT2D eigenvalue weighted by atomic mass is 10.1. The third-order valence-corrected chi connectivity index (χ3v) is 3.47. The Morgan fingerprint density at radius 1 is 1.47 bits per heavy atom. The zero-order chi connectivity index (χ0) is 12.4. The highest BCUT2D eigenvalue weighted by Crippen LogP contribution is 2.25. The van der Waals surface area contributed by atoms with Gasteiger partial charge in [0.05, 0.1) is 16.6 Å². The number of nitrogens with one attached hydrogen (secondary N) is 1. The smallest absolute Gasteiger partial charge is 0.255 e. The number of hydrogen-bond acceptors (Lipinski definition) is 3. The minimum atomic E-state index is -0.181. The van der Waals surface area contributed by atoms with E-state index in [0.29, 0.717) is 28.8 Å². The Bertz CT molecular complexity index is 476. The standard InChI is InChI=1S/C11H12BrN3O2/c12-10-7(2-1-3-8(10)13)11(17)15-5-4-14-9(16)6-15/h1-3H,4-6,13H2,(H,14,16). The SMILES string of the molecule is Nc1cccc(C(=O)N2CCNC(=O)C2)c1Br. The quantitative estimate of drug-likeness (QED) is 0.746. The van der Waals surface area contributed by atoms with Crippen LogP contribution >= 0.6 is 15.9 Å². The maximum Gasteiger partial charge on any atom is 0.255 e. The highest BCUT2D eigenvalue weighted by Gasteiger charge is 2.23. The number of hydrogen-bond donors (Lipinski definition) is 2. The summed E-state index contributed by atoms with van der Waals surface area (Å²) in [5.74, 6) is -0.316. The Balaban J connectivity index is 2.24. The van der Waals surface area contributed by atoms with Gasteiger partial charge in [0.1, 0.15) is 0 Å². The molecule has 1 aromatic rings. The van der Waals surface area contributed by atoms with Crippen molar-refractivity contribution < 1.29 is 9.59 Å². The van der Waals surface area contributed by atoms with Crippen LogP contribution in [-0.2, 0) is 4.79 Å². The lowest BCUT2D eigenvalue weighted by molar-refractivity contribution is -0.123. The Hall–Kier alpha value is -1.56. The minimum absolute atomic E-state index is 0.0973. The normalized spacial score (nSPS) is 15.6. The van der Waals surface area contributed by atoms with Gasteiger partial charge < -0.3 is 16.0 Å². The first kappa shape index (κ1) is 11.9. The topological polar surface area (TPSA) is 75.4 Å². The van der Waals surface area contributed by atoms with Crippen molar-refractivity contribution in [1.29, 1.82) is 0 Å². The average molecular weight is 298 g/mol. The zero-order valence-electron chi connectivity index (χ0n) is 9.07. The Kier molecular flexibility index (Phi) is 3.33. The molecule has 1 fully saturated rings. The van der Waals surface area contributed by atoms with Crippen LogP contribution in [0.25, 0.3) is 0 Å². The van der Waals surface area contributed by atoms with E-state index < -0.39 is 0 Å². The summed E-state index contributed by atoms with van der Waals surface area (Å²) in [6.07, 6.45) is 0. The predicted molar refractivity (Wildman–Crippen MR) is 67.5 cm³/mol. The van der Waals surface area contributed by atoms with Crippen molar-refractivity contribution >= 4 is 33.4 Å². The predicted octanol–water partition coefficient (Wildman–Crippen LogP) is 0.603. The van der Waals surface area contributed by atoms with Crippen molar-refractivity contribution in [3.8, 4) is 0 Å². The van der Waals surface area contributed by atoms with Gasteiger partial charge >= 0.3 is 0 Å². The van der Waals surface area contributed by atoms with Gasteiger partial charge in [0.25, 0.3) is 5.91 Å². The summed E-state index contributed by atoms with van der Waals surface area (Å²) in [6.45, 7) is 1.11. The Labute approximate surface area is 107 Å². The molecule has 0 aliphatic carbocycles. The second-order valence-corrected chi connectivity index (χ2v) is 4.58. The van der Waals surface area contributed by atoms with Crippen LogP contribution in [0, 0.1) is 0 Å². The fraction of sp³-hybridized carbons (Fsp3) is 0.273. The van der Waals surface area contributed by atoms with Crippen LogP contribution in [0.2, 0.25) is 0 Å². The summed E-state index contributed by atoms with van der Waals surface area (Å²) in [4.78, 5) is 24.9. The van der Waals surface area contributed by atoms with E-state index in [2.05, 4.69) is 21.2 Å². The van der Waals surface area contributed by atoms with E-state index in [9.17, 15) is 9.59 Å². The highest BCUT2D eigenvalue weighted by atomic mass is 79.9. The van der Waals surface area contributed by atoms with Gasteiger partial charge in [-0.1, -0.05) is 6.07 Å². The molecule has 1 aromatic carbocycles. The molecule has 0 radical (unpaired) electrons. The average Bonchev–Trinajstić information content (AvgIpc) is 2.32. The van der Waals surface area contributed by atoms with Crippen molar-refractivity contribution in [1.82, 2.24) is 10.2 Å². The number of amides is 2. The highest BCUT2D eigenvalue weighted by molar-refractivity contribution is 9.10. The van der Waals surface area contributed by atoms with Crippen LogP contribution in [0.1, 0.15) is 10.4 Å². The molecule has 0 unspecified atom stereocenters. The maximum absolute atomic E-state index is 12.2. The van der Waals surface area contributed by atoms with Crippen LogP contribution < -0.4 is 11.1 Å². The third kappa shape index (κ3) is 2.41. The van der Waals surface area contributed by atoms with Gasteiger partial charge in [-0.25, -0.2) is 0 Å². The fourth-order valence-electron chi connectivity index (χ4n) is 1.70. The second-order valence-electron chi connectivity index (χ2n) is 3.79. The van der Waals surface area contributed by atoms with Crippen molar-refractivity contribution in [3.05, 3.63) is 28.2 Å². The number of carbonyl (C=O) groups excluding carboxylic acids is 2. The Morgan fingerprint density at radius 2 is 2.24 bits per heavy atom. The number of carbonyl (C=O) groups is 2. The van der Waals surface area contributed by atoms with Crippen LogP contribution in [0.3, 0.4) is 0 Å². The number of halogens is 1. The Morgan fingerprint density at radius 3 is 2.94 bits per heavy atom. The van der Waals surface area contributed by atoms with Crippen molar-refractivity contribution in [2.45, 2.75) is 0 Å². The van der Waals surface area contributed by atoms with Gasteiger partial charge in [-0.15, -0.1) is 0 Å². The maximum atomic E-state index is 12.2. The van der Waals surface area contributed by atoms with E-state index in [1.165, 1.54) is 4.90 Å². The molecule has 6 heteroatoms. The molecule has 3 N–H and O–H groups in total. The first-order valence-electron chi connectivity index (χ1n) is 5.19. The van der Waals surface area contributed by atoms with E-state index in [-0.39, 0.29) is 18.4 Å². The number of nitrogens with two attached hydrogens (primary N) is 1. The summed E-state index contributed by atoms with van der Waals surface area (Å²) in [5.41, 5.74) is 6.72. The fourth-order valence-corrected chi connectivity index (χ4v) is 2.13. The number of anilines is 1. The van der Waals surface area contributed by atoms with Gasteiger partial charge in [-0.2, -0.15) is 0 Å². The van der Waals surface area contributed by atoms with Crippen LogP contribution in [-0.4, -0.2) is 36.3 Å². The summed E-state index contributed by atoms with van der Waals surface area (Å²) in [6, 6.07) is 5.12. The van der Waals surface area contributed by atoms with Gasteiger partial charge in [-0.3, -0.25) is 9.59 Å². The molecule has 1 aliphatic heterocycles. The van der Waals surface area contributed by atoms with E-state index >= 15 is 0 Å². The number of nitrogen functional groups attached to an aromatic ring is 1. The summed E-state index contributed by atoms with van der Waals surface area (Å²) >= 11 is 3.29. The van der Waals surface area contributed by atoms with Crippen LogP contribution in [0.4, 0.5) is 5.69 Å². The molecule has 2 amide bonds. The third-order valence-electron chi connectivity index (χ3n) is 2.58. The monoisotopic (exact) mass is 297 g/mol. The van der Waals surface area contributed by atoms with Gasteiger partial charge in [0.15, 0.2) is 0 Å². The molecule has 0 bridgehead atoms. The molecule has 0 saturated carbocycles. The summed E-state index contributed by atoms with van der Waals surface area (Å²) in [5, 5.41) is 2.68. The molecular formula is C11H12BrN3O2. The molecule has 1 heterocycles. The van der Waals surface area contributed by atoms with E-state index in [1.807, 2.05) is 0 Å². The molecule has 1 saturated heterocycles. The van der Waals surface area contributed by atoms with Crippen molar-refractivity contribution in [2.24, 2.45) is 0 Å². The first-order chi connectivity index (χ1) is 8.09. The molecule has 90 valence electrons. The largest absolute Gasteiger partial charge is 0.398 e. The first-order valence-corrected chi connectivity index (χ1v) is 5.99. The van der Waals surface area contributed by atoms with Gasteiger partial charge in [0.2, 0.25) is 5.91 Å². The molecule has 5 nitrogen and oxygen atoms in total. The summed E-state index contributed by atoms with van der Waals surface area (Å²) < 4.78 is 0.580. The minimum Gasteiger partial charge on any atom is -0.398 e. The lowest BCUT2D eigenvalue weighted by Gasteiger charge is -2.27. The van der Waals surface area contributed by atoms with E-state index in [0.717, 1.165) is 0 Å². The van der Waals surface area contributed by atoms with Gasteiger partial charge in [0, 0.05) is 18.8 Å². The zero-order valence-corrected chi connectivity index (χ0v) is 10.7. The number of piperazine rings is 1. The number of rotatable bonds is 1. The van der Waals surface area contributed by atoms with Crippen LogP contribution in [0.15, 0.2) is 22.7 Å². The second kappa shape index (κ2) is 4.75. The molecule has 17 heavy (non-hydrogen) atoms. The van der Waals surface area contributed by atoms with Crippen molar-refractivity contribution in [2.75, 3.05) is 25.4 Å². The van der Waals surface area contributed by atoms with Crippen LogP contribution in [0.5, 0.6) is 0 Å². The molecule has 2 rings (SSSR count). The number of nitrogens with zero attached hydrogens (tertiary/aromatic N) is 1. The molecule has 0 atom stereocenters.